The van der Waals surface area contributed by atoms with Gasteiger partial charge < -0.3 is 10.6 Å². The Hall–Kier alpha value is -0.880. The van der Waals surface area contributed by atoms with Crippen LogP contribution < -0.4 is 10.6 Å². The third kappa shape index (κ3) is 5.09. The van der Waals surface area contributed by atoms with Gasteiger partial charge in [-0.25, -0.2) is 0 Å². The van der Waals surface area contributed by atoms with E-state index in [1.165, 1.54) is 0 Å². The maximum Gasteiger partial charge on any atom is 0.252 e. The van der Waals surface area contributed by atoms with Crippen LogP contribution in [0.3, 0.4) is 0 Å². The number of fused-ring (bicyclic) bond motifs is 1. The van der Waals surface area contributed by atoms with Crippen LogP contribution in [0.2, 0.25) is 0 Å². The second-order valence-electron chi connectivity index (χ2n) is 4.87. The number of aromatic nitrogens is 1. The third-order valence-electron chi connectivity index (χ3n) is 3.21. The predicted molar refractivity (Wildman–Crippen MR) is 99.5 cm³/mol. The van der Waals surface area contributed by atoms with E-state index in [4.69, 9.17) is 0 Å². The Bertz CT molecular complexity index is 652. The minimum absolute atomic E-state index is 0. The summed E-state index contributed by atoms with van der Waals surface area (Å²) in [5, 5.41) is 6.90. The number of benzene rings is 1. The van der Waals surface area contributed by atoms with Gasteiger partial charge in [-0.3, -0.25) is 9.78 Å². The fourth-order valence-electron chi connectivity index (χ4n) is 1.96. The summed E-state index contributed by atoms with van der Waals surface area (Å²) in [5.74, 6) is -0.0688. The van der Waals surface area contributed by atoms with Crippen molar-refractivity contribution in [1.29, 1.82) is 0 Å². The molecule has 0 spiro atoms. The molecule has 0 radical (unpaired) electrons. The Kier molecular flexibility index (Phi) is 8.93. The molecule has 0 aliphatic rings. The molecule has 0 saturated heterocycles. The summed E-state index contributed by atoms with van der Waals surface area (Å²) in [6.07, 6.45) is 0. The highest BCUT2D eigenvalue weighted by molar-refractivity contribution is 9.10. The molecule has 22 heavy (non-hydrogen) atoms. The van der Waals surface area contributed by atoms with Gasteiger partial charge in [0.05, 0.1) is 11.1 Å². The molecule has 1 heterocycles. The van der Waals surface area contributed by atoms with E-state index >= 15 is 0 Å². The number of hydrogen-bond acceptors (Lipinski definition) is 3. The van der Waals surface area contributed by atoms with E-state index in [0.717, 1.165) is 21.1 Å². The van der Waals surface area contributed by atoms with Crippen molar-refractivity contribution in [3.05, 3.63) is 40.0 Å². The van der Waals surface area contributed by atoms with Gasteiger partial charge in [0.1, 0.15) is 0 Å². The highest BCUT2D eigenvalue weighted by atomic mass is 79.9. The van der Waals surface area contributed by atoms with E-state index < -0.39 is 0 Å². The summed E-state index contributed by atoms with van der Waals surface area (Å²) in [6, 6.07) is 7.84. The molecule has 1 aromatic carbocycles. The van der Waals surface area contributed by atoms with Gasteiger partial charge in [0.25, 0.3) is 5.91 Å². The lowest BCUT2D eigenvalue weighted by Crippen LogP contribution is -2.37. The number of pyridine rings is 1. The highest BCUT2D eigenvalue weighted by Crippen LogP contribution is 2.22. The molecule has 0 bridgehead atoms. The molecule has 2 rings (SSSR count). The van der Waals surface area contributed by atoms with Crippen LogP contribution in [0, 0.1) is 6.92 Å². The number of nitrogens with one attached hydrogen (secondary N) is 2. The van der Waals surface area contributed by atoms with Gasteiger partial charge in [-0.1, -0.05) is 15.9 Å². The fraction of sp³-hybridized carbons (Fsp3) is 0.333. The number of likely N-dealkylation sites (N-methyl/N-ethyl adjacent to an activating group) is 1. The Labute approximate surface area is 151 Å². The van der Waals surface area contributed by atoms with Gasteiger partial charge in [-0.15, -0.1) is 24.8 Å². The van der Waals surface area contributed by atoms with Gasteiger partial charge in [0, 0.05) is 28.1 Å². The summed E-state index contributed by atoms with van der Waals surface area (Å²) in [5.41, 5.74) is 2.34. The van der Waals surface area contributed by atoms with Crippen molar-refractivity contribution < 1.29 is 4.79 Å². The minimum Gasteiger partial charge on any atom is -0.350 e. The van der Waals surface area contributed by atoms with E-state index in [-0.39, 0.29) is 36.8 Å². The Morgan fingerprint density at radius 3 is 2.64 bits per heavy atom. The number of carbonyl (C=O) groups excluding carboxylic acids is 1. The molecule has 2 N–H and O–H groups in total. The molecule has 4 nitrogen and oxygen atoms in total. The average molecular weight is 409 g/mol. The molecule has 0 aliphatic carbocycles. The quantitative estimate of drug-likeness (QED) is 0.813. The first kappa shape index (κ1) is 21.1. The molecule has 0 saturated carbocycles. The van der Waals surface area contributed by atoms with E-state index in [9.17, 15) is 4.79 Å². The van der Waals surface area contributed by atoms with E-state index in [2.05, 4.69) is 31.5 Å². The van der Waals surface area contributed by atoms with Crippen LogP contribution in [0.15, 0.2) is 28.7 Å². The second kappa shape index (κ2) is 9.30. The summed E-state index contributed by atoms with van der Waals surface area (Å²) in [6.45, 7) is 4.51. The van der Waals surface area contributed by atoms with Crippen LogP contribution in [0.4, 0.5) is 0 Å². The lowest BCUT2D eigenvalue weighted by molar-refractivity contribution is 0.0952. The summed E-state index contributed by atoms with van der Waals surface area (Å²) in [4.78, 5) is 16.8. The number of carbonyl (C=O) groups is 1. The molecule has 0 fully saturated rings. The fourth-order valence-corrected chi connectivity index (χ4v) is 2.32. The number of nitrogens with zero attached hydrogens (tertiary/aromatic N) is 1. The van der Waals surface area contributed by atoms with Crippen molar-refractivity contribution >= 4 is 57.6 Å². The largest absolute Gasteiger partial charge is 0.350 e. The van der Waals surface area contributed by atoms with Gasteiger partial charge in [-0.05, 0) is 45.2 Å². The first-order valence-corrected chi connectivity index (χ1v) is 7.33. The zero-order valence-corrected chi connectivity index (χ0v) is 15.9. The topological polar surface area (TPSA) is 54.0 Å². The lowest BCUT2D eigenvalue weighted by atomic mass is 10.1. The van der Waals surface area contributed by atoms with Crippen LogP contribution in [-0.4, -0.2) is 30.5 Å². The van der Waals surface area contributed by atoms with Gasteiger partial charge in [0.15, 0.2) is 0 Å². The van der Waals surface area contributed by atoms with Crippen molar-refractivity contribution in [3.63, 3.8) is 0 Å². The highest BCUT2D eigenvalue weighted by Gasteiger charge is 2.12. The molecule has 1 unspecified atom stereocenters. The number of aryl methyl sites for hydroxylation is 1. The molecular weight excluding hydrogens is 389 g/mol. The number of hydrogen-bond donors (Lipinski definition) is 2. The van der Waals surface area contributed by atoms with Crippen molar-refractivity contribution in [2.24, 2.45) is 0 Å². The molecule has 1 aromatic heterocycles. The maximum atomic E-state index is 12.4. The Balaban J connectivity index is 0.00000220. The molecule has 1 amide bonds. The summed E-state index contributed by atoms with van der Waals surface area (Å²) >= 11 is 3.44. The van der Waals surface area contributed by atoms with Crippen molar-refractivity contribution in [2.75, 3.05) is 13.6 Å². The molecular formula is C15H20BrCl2N3O. The van der Waals surface area contributed by atoms with Crippen LogP contribution in [0.25, 0.3) is 10.9 Å². The van der Waals surface area contributed by atoms with Gasteiger partial charge in [0.2, 0.25) is 0 Å². The standard InChI is InChI=1S/C15H18BrN3O.2ClH/c1-9-6-13(15(20)18-8-10(2)17-3)12-7-11(16)4-5-14(12)19-9;;/h4-7,10,17H,8H2,1-3H3,(H,18,20);2*1H. The average Bonchev–Trinajstić information content (AvgIpc) is 2.43. The van der Waals surface area contributed by atoms with Crippen LogP contribution in [0.5, 0.6) is 0 Å². The summed E-state index contributed by atoms with van der Waals surface area (Å²) < 4.78 is 0.938. The number of amides is 1. The van der Waals surface area contributed by atoms with Crippen molar-refractivity contribution in [3.8, 4) is 0 Å². The molecule has 122 valence electrons. The number of halogens is 3. The smallest absolute Gasteiger partial charge is 0.252 e. The van der Waals surface area contributed by atoms with Crippen LogP contribution in [-0.2, 0) is 0 Å². The first-order chi connectivity index (χ1) is 9.51. The zero-order valence-electron chi connectivity index (χ0n) is 12.6. The minimum atomic E-state index is -0.0688. The first-order valence-electron chi connectivity index (χ1n) is 6.53. The molecule has 0 aliphatic heterocycles. The molecule has 2 aromatic rings. The van der Waals surface area contributed by atoms with E-state index in [0.29, 0.717) is 12.1 Å². The SMILES string of the molecule is CNC(C)CNC(=O)c1cc(C)nc2ccc(Br)cc12.Cl.Cl. The zero-order chi connectivity index (χ0) is 14.7. The predicted octanol–water partition coefficient (Wildman–Crippen LogP) is 3.49. The second-order valence-corrected chi connectivity index (χ2v) is 5.79. The third-order valence-corrected chi connectivity index (χ3v) is 3.70. The monoisotopic (exact) mass is 407 g/mol. The van der Waals surface area contributed by atoms with Gasteiger partial charge in [-0.2, -0.15) is 0 Å². The van der Waals surface area contributed by atoms with Crippen molar-refractivity contribution in [1.82, 2.24) is 15.6 Å². The van der Waals surface area contributed by atoms with E-state index in [1.807, 2.05) is 45.2 Å². The van der Waals surface area contributed by atoms with Crippen LogP contribution in [0.1, 0.15) is 23.0 Å². The van der Waals surface area contributed by atoms with E-state index in [1.54, 1.807) is 0 Å². The lowest BCUT2D eigenvalue weighted by Gasteiger charge is -2.13. The van der Waals surface area contributed by atoms with Gasteiger partial charge >= 0.3 is 0 Å². The molecule has 7 heteroatoms. The van der Waals surface area contributed by atoms with Crippen LogP contribution >= 0.6 is 40.7 Å². The molecule has 1 atom stereocenters. The Morgan fingerprint density at radius 1 is 1.32 bits per heavy atom. The normalized spacial score (nSPS) is 11.3. The maximum absolute atomic E-state index is 12.4. The summed E-state index contributed by atoms with van der Waals surface area (Å²) in [7, 11) is 1.87. The number of rotatable bonds is 4. The Morgan fingerprint density at radius 2 is 2.00 bits per heavy atom. The van der Waals surface area contributed by atoms with Crippen molar-refractivity contribution in [2.45, 2.75) is 19.9 Å².